The third-order valence-corrected chi connectivity index (χ3v) is 4.69. The van der Waals surface area contributed by atoms with Gasteiger partial charge in [0.25, 0.3) is 0 Å². The molecular weight excluding hydrogens is 310 g/mol. The van der Waals surface area contributed by atoms with Gasteiger partial charge in [0.2, 0.25) is 0 Å². The van der Waals surface area contributed by atoms with Gasteiger partial charge in [-0.15, -0.1) is 0 Å². The predicted molar refractivity (Wildman–Crippen MR) is 101 cm³/mol. The van der Waals surface area contributed by atoms with E-state index >= 15 is 0 Å². The lowest BCUT2D eigenvalue weighted by Crippen LogP contribution is -2.07. The van der Waals surface area contributed by atoms with E-state index < -0.39 is 0 Å². The highest BCUT2D eigenvalue weighted by Crippen LogP contribution is 2.29. The number of hydrogen-bond acceptors (Lipinski definition) is 2. The number of nitrogens with one attached hydrogen (secondary N) is 1. The summed E-state index contributed by atoms with van der Waals surface area (Å²) < 4.78 is 2.08. The summed E-state index contributed by atoms with van der Waals surface area (Å²) in [7, 11) is 0. The van der Waals surface area contributed by atoms with Gasteiger partial charge in [0.1, 0.15) is 0 Å². The Bertz CT molecular complexity index is 1130. The third kappa shape index (κ3) is 2.47. The van der Waals surface area contributed by atoms with E-state index in [0.29, 0.717) is 5.39 Å². The number of aromatic amines is 1. The zero-order valence-corrected chi connectivity index (χ0v) is 14.5. The van der Waals surface area contributed by atoms with Gasteiger partial charge >= 0.3 is 0 Å². The van der Waals surface area contributed by atoms with Crippen LogP contribution in [0.4, 0.5) is 0 Å². The van der Waals surface area contributed by atoms with Crippen molar-refractivity contribution in [2.75, 3.05) is 0 Å². The zero-order chi connectivity index (χ0) is 17.6. The van der Waals surface area contributed by atoms with Gasteiger partial charge in [-0.3, -0.25) is 9.89 Å². The minimum Gasteiger partial charge on any atom is -0.316 e. The molecule has 0 fully saturated rings. The number of aromatic nitrogens is 3. The molecule has 0 atom stereocenters. The molecule has 25 heavy (non-hydrogen) atoms. The average Bonchev–Trinajstić information content (AvgIpc) is 2.94. The summed E-state index contributed by atoms with van der Waals surface area (Å²) in [5.74, 6) is 0. The van der Waals surface area contributed by atoms with Gasteiger partial charge in [0.05, 0.1) is 11.2 Å². The number of fused-ring (bicyclic) bond motifs is 1. The number of rotatable bonds is 2. The zero-order valence-electron chi connectivity index (χ0n) is 14.5. The lowest BCUT2D eigenvalue weighted by Gasteiger charge is -2.14. The van der Waals surface area contributed by atoms with Crippen molar-refractivity contribution in [2.45, 2.75) is 20.8 Å². The van der Waals surface area contributed by atoms with Crippen molar-refractivity contribution < 1.29 is 0 Å². The summed E-state index contributed by atoms with van der Waals surface area (Å²) >= 11 is 0. The molecule has 0 bridgehead atoms. The summed E-state index contributed by atoms with van der Waals surface area (Å²) in [5, 5.41) is 8.04. The van der Waals surface area contributed by atoms with Gasteiger partial charge < -0.3 is 4.57 Å². The number of H-pyrrole nitrogens is 1. The molecule has 2 aromatic heterocycles. The number of benzene rings is 2. The first-order valence-corrected chi connectivity index (χ1v) is 8.29. The van der Waals surface area contributed by atoms with Crippen LogP contribution in [-0.2, 0) is 0 Å². The number of pyridine rings is 1. The summed E-state index contributed by atoms with van der Waals surface area (Å²) in [6.07, 6.45) is 1.85. The number of hydrogen-bond donors (Lipinski definition) is 1. The van der Waals surface area contributed by atoms with Crippen LogP contribution in [-0.4, -0.2) is 14.8 Å². The standard InChI is InChI=1S/C21H19N3O/c1-13-6-4-5-7-18(13)24-11-10-20(25)17-9-8-16(12-19(17)24)21-14(2)22-23-15(21)3/h4-12H,1-3H3,(H,22,23). The van der Waals surface area contributed by atoms with Gasteiger partial charge in [-0.2, -0.15) is 5.10 Å². The van der Waals surface area contributed by atoms with Crippen LogP contribution in [0, 0.1) is 20.8 Å². The summed E-state index contributed by atoms with van der Waals surface area (Å²) in [4.78, 5) is 12.3. The summed E-state index contributed by atoms with van der Waals surface area (Å²) in [6, 6.07) is 15.8. The minimum absolute atomic E-state index is 0.0343. The lowest BCUT2D eigenvalue weighted by atomic mass is 10.0. The fourth-order valence-electron chi connectivity index (χ4n) is 3.43. The van der Waals surface area contributed by atoms with Gasteiger partial charge in [0.15, 0.2) is 5.43 Å². The van der Waals surface area contributed by atoms with Crippen LogP contribution in [0.3, 0.4) is 0 Å². The number of para-hydroxylation sites is 1. The molecule has 0 saturated carbocycles. The maximum atomic E-state index is 12.3. The molecule has 0 aliphatic heterocycles. The van der Waals surface area contributed by atoms with Crippen molar-refractivity contribution >= 4 is 10.9 Å². The van der Waals surface area contributed by atoms with Crippen molar-refractivity contribution in [3.05, 3.63) is 81.9 Å². The second-order valence-electron chi connectivity index (χ2n) is 6.38. The largest absolute Gasteiger partial charge is 0.316 e. The summed E-state index contributed by atoms with van der Waals surface area (Å²) in [6.45, 7) is 6.08. The van der Waals surface area contributed by atoms with Crippen molar-refractivity contribution in [2.24, 2.45) is 0 Å². The van der Waals surface area contributed by atoms with E-state index in [9.17, 15) is 4.79 Å². The van der Waals surface area contributed by atoms with Crippen LogP contribution in [0.15, 0.2) is 59.5 Å². The molecular formula is C21H19N3O. The SMILES string of the molecule is Cc1ccccc1-n1ccc(=O)c2ccc(-c3c(C)n[nH]c3C)cc21. The fourth-order valence-corrected chi connectivity index (χ4v) is 3.43. The first kappa shape index (κ1) is 15.4. The maximum absolute atomic E-state index is 12.3. The van der Waals surface area contributed by atoms with E-state index in [4.69, 9.17) is 0 Å². The van der Waals surface area contributed by atoms with Crippen molar-refractivity contribution in [3.8, 4) is 16.8 Å². The van der Waals surface area contributed by atoms with E-state index in [1.165, 1.54) is 0 Å². The maximum Gasteiger partial charge on any atom is 0.189 e. The second-order valence-corrected chi connectivity index (χ2v) is 6.38. The van der Waals surface area contributed by atoms with E-state index in [0.717, 1.165) is 39.3 Å². The van der Waals surface area contributed by atoms with Gasteiger partial charge in [-0.25, -0.2) is 0 Å². The molecule has 0 amide bonds. The Balaban J connectivity index is 2.06. The topological polar surface area (TPSA) is 50.7 Å². The third-order valence-electron chi connectivity index (χ3n) is 4.69. The fraction of sp³-hybridized carbons (Fsp3) is 0.143. The molecule has 0 saturated heterocycles. The first-order valence-electron chi connectivity index (χ1n) is 8.29. The van der Waals surface area contributed by atoms with E-state index in [2.05, 4.69) is 39.9 Å². The molecule has 4 rings (SSSR count). The lowest BCUT2D eigenvalue weighted by molar-refractivity contribution is 1.02. The molecule has 0 radical (unpaired) electrons. The Labute approximate surface area is 145 Å². The Morgan fingerprint density at radius 3 is 2.52 bits per heavy atom. The molecule has 0 aliphatic rings. The molecule has 2 aromatic carbocycles. The van der Waals surface area contributed by atoms with Gasteiger partial charge in [-0.1, -0.05) is 24.3 Å². The van der Waals surface area contributed by atoms with E-state index in [-0.39, 0.29) is 5.43 Å². The Kier molecular flexibility index (Phi) is 3.53. The summed E-state index contributed by atoms with van der Waals surface area (Å²) in [5.41, 5.74) is 7.30. The molecule has 4 heteroatoms. The molecule has 1 N–H and O–H groups in total. The quantitative estimate of drug-likeness (QED) is 0.596. The van der Waals surface area contributed by atoms with Gasteiger partial charge in [0, 0.05) is 34.6 Å². The van der Waals surface area contributed by atoms with Crippen LogP contribution in [0.5, 0.6) is 0 Å². The molecule has 4 aromatic rings. The van der Waals surface area contributed by atoms with Crippen molar-refractivity contribution in [3.63, 3.8) is 0 Å². The highest BCUT2D eigenvalue weighted by atomic mass is 16.1. The van der Waals surface area contributed by atoms with E-state index in [1.807, 2.05) is 44.3 Å². The normalized spacial score (nSPS) is 11.2. The molecule has 124 valence electrons. The van der Waals surface area contributed by atoms with Crippen LogP contribution in [0.25, 0.3) is 27.7 Å². The molecule has 0 spiro atoms. The highest BCUT2D eigenvalue weighted by molar-refractivity contribution is 5.86. The van der Waals surface area contributed by atoms with Crippen LogP contribution >= 0.6 is 0 Å². The van der Waals surface area contributed by atoms with Crippen LogP contribution in [0.1, 0.15) is 17.0 Å². The molecule has 2 heterocycles. The van der Waals surface area contributed by atoms with Crippen LogP contribution < -0.4 is 5.43 Å². The molecule has 0 aliphatic carbocycles. The minimum atomic E-state index is 0.0343. The Morgan fingerprint density at radius 1 is 1.00 bits per heavy atom. The number of aryl methyl sites for hydroxylation is 3. The average molecular weight is 329 g/mol. The highest BCUT2D eigenvalue weighted by Gasteiger charge is 2.12. The van der Waals surface area contributed by atoms with Crippen molar-refractivity contribution in [1.82, 2.24) is 14.8 Å². The van der Waals surface area contributed by atoms with Crippen LogP contribution in [0.2, 0.25) is 0 Å². The second kappa shape index (κ2) is 5.74. The van der Waals surface area contributed by atoms with Crippen molar-refractivity contribution in [1.29, 1.82) is 0 Å². The predicted octanol–water partition coefficient (Wildman–Crippen LogP) is 4.31. The number of nitrogens with zero attached hydrogens (tertiary/aromatic N) is 2. The first-order chi connectivity index (χ1) is 12.1. The Hall–Kier alpha value is -3.14. The van der Waals surface area contributed by atoms with E-state index in [1.54, 1.807) is 6.07 Å². The smallest absolute Gasteiger partial charge is 0.189 e. The Morgan fingerprint density at radius 2 is 1.80 bits per heavy atom. The molecule has 0 unspecified atom stereocenters. The molecule has 4 nitrogen and oxygen atoms in total. The van der Waals surface area contributed by atoms with Gasteiger partial charge in [-0.05, 0) is 50.1 Å². The monoisotopic (exact) mass is 329 g/mol.